The molecule has 2 atom stereocenters. The van der Waals surface area contributed by atoms with Gasteiger partial charge in [0.2, 0.25) is 0 Å². The van der Waals surface area contributed by atoms with E-state index in [1.54, 1.807) is 6.07 Å². The van der Waals surface area contributed by atoms with Crippen LogP contribution in [0.4, 0.5) is 0 Å². The lowest BCUT2D eigenvalue weighted by Crippen LogP contribution is -2.11. The van der Waals surface area contributed by atoms with Crippen LogP contribution in [0, 0.1) is 11.3 Å². The summed E-state index contributed by atoms with van der Waals surface area (Å²) in [5, 5.41) is 8.29. The van der Waals surface area contributed by atoms with Gasteiger partial charge in [-0.2, -0.15) is 9.47 Å². The maximum atomic E-state index is 9.98. The summed E-state index contributed by atoms with van der Waals surface area (Å²) < 4.78 is 22.5. The molecule has 0 aromatic rings. The third-order valence-electron chi connectivity index (χ3n) is 0.893. The van der Waals surface area contributed by atoms with Crippen LogP contribution < -0.4 is 0 Å². The van der Waals surface area contributed by atoms with Gasteiger partial charge in [-0.25, -0.2) is 4.18 Å². The van der Waals surface area contributed by atoms with Gasteiger partial charge in [0.25, 0.3) is 0 Å². The molecule has 0 saturated carbocycles. The second-order valence-corrected chi connectivity index (χ2v) is 2.35. The van der Waals surface area contributed by atoms with Gasteiger partial charge in [0.05, 0.1) is 6.07 Å². The Hall–Kier alpha value is -0.440. The molecular formula is C5H9NO3S. The fourth-order valence-corrected chi connectivity index (χ4v) is 0.834. The summed E-state index contributed by atoms with van der Waals surface area (Å²) in [6.45, 7) is 1.87. The van der Waals surface area contributed by atoms with Gasteiger partial charge >= 0.3 is 11.4 Å². The Bertz CT molecular complexity index is 153. The van der Waals surface area contributed by atoms with E-state index in [4.69, 9.17) is 9.81 Å². The minimum atomic E-state index is -2.32. The number of nitrogens with zero attached hydrogens (tertiary/aromatic N) is 1. The van der Waals surface area contributed by atoms with E-state index in [1.807, 2.05) is 6.92 Å². The van der Waals surface area contributed by atoms with Crippen molar-refractivity contribution in [3.8, 4) is 6.07 Å². The molecule has 58 valence electrons. The summed E-state index contributed by atoms with van der Waals surface area (Å²) in [4.78, 5) is 0. The normalized spacial score (nSPS) is 15.7. The third kappa shape index (κ3) is 4.44. The average Bonchev–Trinajstić information content (AvgIpc) is 1.86. The van der Waals surface area contributed by atoms with E-state index in [0.29, 0.717) is 6.42 Å². The molecular weight excluding hydrogens is 154 g/mol. The van der Waals surface area contributed by atoms with Crippen LogP contribution >= 0.6 is 0 Å². The lowest BCUT2D eigenvalue weighted by Gasteiger charge is -2.02. The molecule has 0 fully saturated rings. The minimum absolute atomic E-state index is 0.489. The lowest BCUT2D eigenvalue weighted by atomic mass is 10.2. The number of nitriles is 1. The predicted octanol–water partition coefficient (Wildman–Crippen LogP) is 0.832. The van der Waals surface area contributed by atoms with E-state index in [9.17, 15) is 4.21 Å². The Kier molecular flexibility index (Phi) is 5.12. The quantitative estimate of drug-likeness (QED) is 0.623. The summed E-state index contributed by atoms with van der Waals surface area (Å²) in [5.74, 6) is 0. The zero-order valence-corrected chi connectivity index (χ0v) is 6.43. The highest BCUT2D eigenvalue weighted by Crippen LogP contribution is 2.01. The Morgan fingerprint density at radius 1 is 1.90 bits per heavy atom. The minimum Gasteiger partial charge on any atom is -0.284 e. The number of hydrogen-bond donors (Lipinski definition) is 1. The molecule has 0 aromatic heterocycles. The van der Waals surface area contributed by atoms with Crippen molar-refractivity contribution in [3.63, 3.8) is 0 Å². The van der Waals surface area contributed by atoms with E-state index < -0.39 is 17.5 Å². The molecule has 2 unspecified atom stereocenters. The van der Waals surface area contributed by atoms with Gasteiger partial charge in [-0.15, -0.1) is 0 Å². The summed E-state index contributed by atoms with van der Waals surface area (Å²) in [5.41, 5.74) is 0. The van der Waals surface area contributed by atoms with E-state index >= 15 is 0 Å². The maximum absolute atomic E-state index is 9.98. The van der Waals surface area contributed by atoms with Gasteiger partial charge < -0.3 is 0 Å². The molecule has 0 aliphatic heterocycles. The highest BCUT2D eigenvalue weighted by Gasteiger charge is 2.08. The Morgan fingerprint density at radius 3 is 2.80 bits per heavy atom. The van der Waals surface area contributed by atoms with Crippen LogP contribution in [0.5, 0.6) is 0 Å². The molecule has 0 heterocycles. The Balaban J connectivity index is 3.63. The van der Waals surface area contributed by atoms with Gasteiger partial charge in [0, 0.05) is 0 Å². The number of hydrogen-bond acceptors (Lipinski definition) is 3. The first kappa shape index (κ1) is 9.56. The van der Waals surface area contributed by atoms with Crippen molar-refractivity contribution in [2.24, 2.45) is 0 Å². The van der Waals surface area contributed by atoms with Gasteiger partial charge in [-0.05, 0) is 6.42 Å². The van der Waals surface area contributed by atoms with Crippen molar-refractivity contribution in [1.29, 1.82) is 5.26 Å². The second-order valence-electron chi connectivity index (χ2n) is 1.72. The van der Waals surface area contributed by atoms with E-state index in [1.165, 1.54) is 0 Å². The van der Waals surface area contributed by atoms with Crippen LogP contribution in [0.1, 0.15) is 19.8 Å². The summed E-state index contributed by atoms with van der Waals surface area (Å²) >= 11 is -2.32. The van der Waals surface area contributed by atoms with E-state index in [2.05, 4.69) is 4.18 Å². The molecule has 1 N–H and O–H groups in total. The molecule has 5 heteroatoms. The first-order chi connectivity index (χ1) is 4.70. The lowest BCUT2D eigenvalue weighted by molar-refractivity contribution is 0.243. The molecule has 0 aliphatic carbocycles. The smallest absolute Gasteiger partial charge is 0.284 e. The van der Waals surface area contributed by atoms with Crippen LogP contribution in [-0.2, 0) is 15.5 Å². The summed E-state index contributed by atoms with van der Waals surface area (Å²) in [7, 11) is 0. The standard InChI is InChI=1S/C5H9NO3S/c1-2-3-5(4-6)9-10(7)8/h5H,2-3H2,1H3,(H,7,8). The van der Waals surface area contributed by atoms with Crippen LogP contribution in [0.15, 0.2) is 0 Å². The van der Waals surface area contributed by atoms with Crippen molar-refractivity contribution in [2.45, 2.75) is 25.9 Å². The van der Waals surface area contributed by atoms with Crippen LogP contribution in [0.2, 0.25) is 0 Å². The predicted molar refractivity (Wildman–Crippen MR) is 36.2 cm³/mol. The van der Waals surface area contributed by atoms with Crippen LogP contribution in [0.25, 0.3) is 0 Å². The van der Waals surface area contributed by atoms with Gasteiger partial charge in [0.15, 0.2) is 6.10 Å². The second kappa shape index (κ2) is 5.35. The molecule has 0 rings (SSSR count). The zero-order valence-electron chi connectivity index (χ0n) is 5.61. The first-order valence-corrected chi connectivity index (χ1v) is 3.91. The van der Waals surface area contributed by atoms with Gasteiger partial charge in [-0.1, -0.05) is 13.3 Å². The molecule has 0 bridgehead atoms. The Labute approximate surface area is 62.3 Å². The molecule has 4 nitrogen and oxygen atoms in total. The van der Waals surface area contributed by atoms with Gasteiger partial charge in [0.1, 0.15) is 0 Å². The molecule has 0 spiro atoms. The molecule has 0 saturated heterocycles. The molecule has 10 heavy (non-hydrogen) atoms. The fraction of sp³-hybridized carbons (Fsp3) is 0.800. The van der Waals surface area contributed by atoms with Gasteiger partial charge in [-0.3, -0.25) is 4.55 Å². The molecule has 0 amide bonds. The highest BCUT2D eigenvalue weighted by atomic mass is 32.2. The Morgan fingerprint density at radius 2 is 2.50 bits per heavy atom. The highest BCUT2D eigenvalue weighted by molar-refractivity contribution is 7.74. The van der Waals surface area contributed by atoms with Crippen molar-refractivity contribution >= 4 is 11.4 Å². The monoisotopic (exact) mass is 163 g/mol. The van der Waals surface area contributed by atoms with E-state index in [-0.39, 0.29) is 0 Å². The van der Waals surface area contributed by atoms with Crippen molar-refractivity contribution < 1.29 is 12.9 Å². The topological polar surface area (TPSA) is 70.3 Å². The molecule has 0 radical (unpaired) electrons. The molecule has 0 aromatic carbocycles. The number of rotatable bonds is 4. The fourth-order valence-electron chi connectivity index (χ4n) is 0.496. The van der Waals surface area contributed by atoms with Crippen molar-refractivity contribution in [1.82, 2.24) is 0 Å². The van der Waals surface area contributed by atoms with Crippen LogP contribution in [-0.4, -0.2) is 14.9 Å². The van der Waals surface area contributed by atoms with Crippen LogP contribution in [0.3, 0.4) is 0 Å². The third-order valence-corrected chi connectivity index (χ3v) is 1.29. The van der Waals surface area contributed by atoms with Crippen molar-refractivity contribution in [3.05, 3.63) is 0 Å². The zero-order chi connectivity index (χ0) is 7.98. The first-order valence-electron chi connectivity index (χ1n) is 2.88. The summed E-state index contributed by atoms with van der Waals surface area (Å²) in [6, 6.07) is 1.76. The maximum Gasteiger partial charge on any atom is 0.303 e. The van der Waals surface area contributed by atoms with Crippen molar-refractivity contribution in [2.75, 3.05) is 0 Å². The largest absolute Gasteiger partial charge is 0.303 e. The SMILES string of the molecule is CCCC(C#N)OS(=O)O. The molecule has 0 aliphatic rings. The summed E-state index contributed by atoms with van der Waals surface area (Å²) in [6.07, 6.45) is 0.494. The van der Waals surface area contributed by atoms with E-state index in [0.717, 1.165) is 6.42 Å². The average molecular weight is 163 g/mol.